The summed E-state index contributed by atoms with van der Waals surface area (Å²) in [6.07, 6.45) is 6.47. The van der Waals surface area contributed by atoms with Crippen LogP contribution in [0.15, 0.2) is 42.5 Å². The molecule has 0 bridgehead atoms. The van der Waals surface area contributed by atoms with Gasteiger partial charge >= 0.3 is 0 Å². The van der Waals surface area contributed by atoms with Gasteiger partial charge in [-0.15, -0.1) is 0 Å². The quantitative estimate of drug-likeness (QED) is 0.695. The van der Waals surface area contributed by atoms with E-state index in [-0.39, 0.29) is 0 Å². The molecule has 0 aliphatic rings. The monoisotopic (exact) mass is 215 g/mol. The number of hydrogen-bond donors (Lipinski definition) is 0. The molecule has 0 amide bonds. The van der Waals surface area contributed by atoms with Gasteiger partial charge in [0, 0.05) is 6.54 Å². The van der Waals surface area contributed by atoms with Crippen LogP contribution in [0, 0.1) is 6.92 Å². The smallest absolute Gasteiger partial charge is 0.0160 e. The molecule has 0 unspecified atom stereocenters. The SMILES string of the molecule is C/C(=C\C=C/CN(C)C)c1ccccc1C. The molecule has 0 atom stereocenters. The van der Waals surface area contributed by atoms with E-state index in [1.165, 1.54) is 16.7 Å². The first-order valence-electron chi connectivity index (χ1n) is 5.65. The van der Waals surface area contributed by atoms with Crippen molar-refractivity contribution in [3.63, 3.8) is 0 Å². The van der Waals surface area contributed by atoms with Gasteiger partial charge in [-0.1, -0.05) is 42.5 Å². The van der Waals surface area contributed by atoms with E-state index in [4.69, 9.17) is 0 Å². The van der Waals surface area contributed by atoms with E-state index in [0.717, 1.165) is 6.54 Å². The van der Waals surface area contributed by atoms with E-state index in [2.05, 4.69) is 75.3 Å². The topological polar surface area (TPSA) is 3.24 Å². The summed E-state index contributed by atoms with van der Waals surface area (Å²) in [6, 6.07) is 8.48. The van der Waals surface area contributed by atoms with E-state index >= 15 is 0 Å². The maximum atomic E-state index is 2.17. The average Bonchev–Trinajstić information content (AvgIpc) is 2.24. The van der Waals surface area contributed by atoms with Crippen LogP contribution in [0.4, 0.5) is 0 Å². The van der Waals surface area contributed by atoms with Gasteiger partial charge < -0.3 is 4.90 Å². The number of hydrogen-bond acceptors (Lipinski definition) is 1. The first-order valence-corrected chi connectivity index (χ1v) is 5.65. The van der Waals surface area contributed by atoms with Gasteiger partial charge in [0.1, 0.15) is 0 Å². The van der Waals surface area contributed by atoms with Crippen LogP contribution in [0.3, 0.4) is 0 Å². The summed E-state index contributed by atoms with van der Waals surface area (Å²) in [7, 11) is 4.14. The van der Waals surface area contributed by atoms with Crippen molar-refractivity contribution < 1.29 is 0 Å². The van der Waals surface area contributed by atoms with Gasteiger partial charge in [0.05, 0.1) is 0 Å². The third-order valence-corrected chi connectivity index (χ3v) is 2.52. The third kappa shape index (κ3) is 4.03. The lowest BCUT2D eigenvalue weighted by molar-refractivity contribution is 0.456. The largest absolute Gasteiger partial charge is 0.306 e. The van der Waals surface area contributed by atoms with Crippen molar-refractivity contribution in [3.8, 4) is 0 Å². The minimum atomic E-state index is 0.984. The molecule has 0 spiro atoms. The van der Waals surface area contributed by atoms with Crippen LogP contribution in [0.5, 0.6) is 0 Å². The number of likely N-dealkylation sites (N-methyl/N-ethyl adjacent to an activating group) is 1. The van der Waals surface area contributed by atoms with E-state index in [9.17, 15) is 0 Å². The second-order valence-corrected chi connectivity index (χ2v) is 4.35. The summed E-state index contributed by atoms with van der Waals surface area (Å²) < 4.78 is 0. The fourth-order valence-corrected chi connectivity index (χ4v) is 1.59. The van der Waals surface area contributed by atoms with Crippen LogP contribution in [-0.4, -0.2) is 25.5 Å². The summed E-state index contributed by atoms with van der Waals surface area (Å²) in [5.74, 6) is 0. The van der Waals surface area contributed by atoms with Crippen molar-refractivity contribution in [2.75, 3.05) is 20.6 Å². The van der Waals surface area contributed by atoms with Crippen molar-refractivity contribution in [3.05, 3.63) is 53.6 Å². The molecule has 1 heteroatoms. The predicted octanol–water partition coefficient (Wildman–Crippen LogP) is 3.52. The fraction of sp³-hybridized carbons (Fsp3) is 0.333. The van der Waals surface area contributed by atoms with Crippen LogP contribution >= 0.6 is 0 Å². The van der Waals surface area contributed by atoms with Crippen LogP contribution in [-0.2, 0) is 0 Å². The highest BCUT2D eigenvalue weighted by Gasteiger charge is 1.96. The maximum Gasteiger partial charge on any atom is 0.0160 e. The van der Waals surface area contributed by atoms with E-state index in [1.54, 1.807) is 0 Å². The Morgan fingerprint density at radius 1 is 1.25 bits per heavy atom. The predicted molar refractivity (Wildman–Crippen MR) is 72.5 cm³/mol. The molecule has 16 heavy (non-hydrogen) atoms. The summed E-state index contributed by atoms with van der Waals surface area (Å²) in [6.45, 7) is 5.29. The summed E-state index contributed by atoms with van der Waals surface area (Å²) in [5.41, 5.74) is 3.97. The molecule has 0 N–H and O–H groups in total. The Kier molecular flexibility index (Phi) is 5.00. The molecule has 0 aromatic heterocycles. The molecule has 0 radical (unpaired) electrons. The highest BCUT2D eigenvalue weighted by molar-refractivity contribution is 5.67. The maximum absolute atomic E-state index is 2.17. The molecule has 1 rings (SSSR count). The van der Waals surface area contributed by atoms with Crippen LogP contribution in [0.25, 0.3) is 5.57 Å². The molecular weight excluding hydrogens is 194 g/mol. The highest BCUT2D eigenvalue weighted by atomic mass is 15.0. The van der Waals surface area contributed by atoms with Crippen molar-refractivity contribution in [2.45, 2.75) is 13.8 Å². The lowest BCUT2D eigenvalue weighted by atomic mass is 10.0. The summed E-state index contributed by atoms with van der Waals surface area (Å²) in [4.78, 5) is 2.15. The Hall–Kier alpha value is -1.34. The minimum Gasteiger partial charge on any atom is -0.306 e. The van der Waals surface area contributed by atoms with Crippen molar-refractivity contribution in [1.82, 2.24) is 4.90 Å². The number of rotatable bonds is 4. The molecule has 1 aromatic carbocycles. The number of nitrogens with zero attached hydrogens (tertiary/aromatic N) is 1. The molecule has 0 saturated carbocycles. The van der Waals surface area contributed by atoms with Crippen molar-refractivity contribution in [1.29, 1.82) is 0 Å². The molecule has 0 heterocycles. The first kappa shape index (κ1) is 12.7. The Morgan fingerprint density at radius 2 is 1.94 bits per heavy atom. The number of allylic oxidation sites excluding steroid dienone is 3. The first-order chi connectivity index (χ1) is 7.61. The van der Waals surface area contributed by atoms with E-state index in [1.807, 2.05) is 0 Å². The molecule has 1 aromatic rings. The van der Waals surface area contributed by atoms with Gasteiger partial charge in [-0.2, -0.15) is 0 Å². The number of benzene rings is 1. The van der Waals surface area contributed by atoms with Crippen LogP contribution in [0.1, 0.15) is 18.1 Å². The fourth-order valence-electron chi connectivity index (χ4n) is 1.59. The Morgan fingerprint density at radius 3 is 2.56 bits per heavy atom. The van der Waals surface area contributed by atoms with Gasteiger partial charge in [-0.3, -0.25) is 0 Å². The van der Waals surface area contributed by atoms with Crippen molar-refractivity contribution in [2.24, 2.45) is 0 Å². The second kappa shape index (κ2) is 6.29. The van der Waals surface area contributed by atoms with Crippen molar-refractivity contribution >= 4 is 5.57 Å². The normalized spacial score (nSPS) is 12.7. The highest BCUT2D eigenvalue weighted by Crippen LogP contribution is 2.17. The molecule has 86 valence electrons. The lowest BCUT2D eigenvalue weighted by Gasteiger charge is -2.05. The Labute approximate surface area is 99.1 Å². The van der Waals surface area contributed by atoms with Crippen LogP contribution in [0.2, 0.25) is 0 Å². The molecular formula is C15H21N. The lowest BCUT2D eigenvalue weighted by Crippen LogP contribution is -2.10. The van der Waals surface area contributed by atoms with Crippen LogP contribution < -0.4 is 0 Å². The zero-order valence-corrected chi connectivity index (χ0v) is 10.7. The molecule has 0 aliphatic heterocycles. The minimum absolute atomic E-state index is 0.984. The molecule has 1 nitrogen and oxygen atoms in total. The Bertz CT molecular complexity index is 386. The zero-order valence-electron chi connectivity index (χ0n) is 10.7. The zero-order chi connectivity index (χ0) is 12.0. The second-order valence-electron chi connectivity index (χ2n) is 4.35. The van der Waals surface area contributed by atoms with Gasteiger partial charge in [-0.25, -0.2) is 0 Å². The molecule has 0 aliphatic carbocycles. The summed E-state index contributed by atoms with van der Waals surface area (Å²) in [5, 5.41) is 0. The van der Waals surface area contributed by atoms with E-state index in [0.29, 0.717) is 0 Å². The third-order valence-electron chi connectivity index (χ3n) is 2.52. The van der Waals surface area contributed by atoms with Gasteiger partial charge in [0.25, 0.3) is 0 Å². The average molecular weight is 215 g/mol. The molecule has 0 saturated heterocycles. The van der Waals surface area contributed by atoms with Gasteiger partial charge in [0.2, 0.25) is 0 Å². The number of aryl methyl sites for hydroxylation is 1. The summed E-state index contributed by atoms with van der Waals surface area (Å²) >= 11 is 0. The Balaban J connectivity index is 2.71. The van der Waals surface area contributed by atoms with Gasteiger partial charge in [-0.05, 0) is 44.6 Å². The van der Waals surface area contributed by atoms with Gasteiger partial charge in [0.15, 0.2) is 0 Å². The standard InChI is InChI=1S/C15H21N/c1-13-9-5-6-11-15(13)14(2)10-7-8-12-16(3)4/h5-11H,12H2,1-4H3/b8-7-,14-10+. The molecule has 0 fully saturated rings. The van der Waals surface area contributed by atoms with E-state index < -0.39 is 0 Å².